The number of ether oxygens (including phenoxy) is 2. The van der Waals surface area contributed by atoms with Gasteiger partial charge in [-0.25, -0.2) is 4.21 Å². The Kier molecular flexibility index (Phi) is 14.9. The molecule has 0 aromatic heterocycles. The van der Waals surface area contributed by atoms with E-state index in [0.29, 0.717) is 24.0 Å². The molecule has 6 atom stereocenters. The van der Waals surface area contributed by atoms with Crippen LogP contribution < -0.4 is 14.4 Å². The van der Waals surface area contributed by atoms with E-state index in [0.717, 1.165) is 74.3 Å². The fraction of sp³-hybridized carbons (Fsp3) is 0.675. The molecule has 6 unspecified atom stereocenters. The van der Waals surface area contributed by atoms with E-state index in [1.54, 1.807) is 13.2 Å². The van der Waals surface area contributed by atoms with Crippen molar-refractivity contribution in [2.24, 2.45) is 17.8 Å². The summed E-state index contributed by atoms with van der Waals surface area (Å²) in [6.45, 7) is 15.5. The average molecular weight is 729 g/mol. The molecule has 2 aromatic rings. The van der Waals surface area contributed by atoms with E-state index >= 15 is 0 Å². The summed E-state index contributed by atoms with van der Waals surface area (Å²) in [5, 5.41) is 0.690. The lowest BCUT2D eigenvalue weighted by molar-refractivity contribution is 0.0982. The van der Waals surface area contributed by atoms with Gasteiger partial charge in [-0.15, -0.1) is 0 Å². The standard InChI is InChI=1S/C32H43ClN2O3S.C8H18N2O/c1-4-7-24-16-28(33)13-14-29(24)27-19-35-18-26-11-10-23(26)9-6-5-8-21(2)22(3)39(37)34-32(36)25-12-15-31(38-20-27)30(35)17-25;1-9-3-5-10(6-4-9)7-8-11-2/h12-17,21-23,26-27H,4-11,18-20H2,1-3H3,(H,34,36);3-8H2,1-2H3. The average Bonchev–Trinajstić information content (AvgIpc) is 3.28. The van der Waals surface area contributed by atoms with Crippen molar-refractivity contribution in [3.05, 3.63) is 58.1 Å². The fourth-order valence-electron chi connectivity index (χ4n) is 7.85. The molecule has 1 aliphatic carbocycles. The zero-order valence-corrected chi connectivity index (χ0v) is 32.7. The van der Waals surface area contributed by atoms with Gasteiger partial charge in [0.05, 0.1) is 24.2 Å². The van der Waals surface area contributed by atoms with Crippen molar-refractivity contribution >= 4 is 34.2 Å². The summed E-state index contributed by atoms with van der Waals surface area (Å²) >= 11 is 6.39. The van der Waals surface area contributed by atoms with Crippen molar-refractivity contribution in [1.29, 1.82) is 0 Å². The number of aryl methyl sites for hydroxylation is 1. The van der Waals surface area contributed by atoms with Crippen LogP contribution in [-0.4, -0.2) is 98.4 Å². The van der Waals surface area contributed by atoms with E-state index in [4.69, 9.17) is 21.1 Å². The van der Waals surface area contributed by atoms with Gasteiger partial charge in [-0.2, -0.15) is 0 Å². The third kappa shape index (κ3) is 10.5. The number of nitrogens with one attached hydrogen (secondary N) is 1. The predicted octanol–water partition coefficient (Wildman–Crippen LogP) is 7.17. The first-order chi connectivity index (χ1) is 24.2. The lowest BCUT2D eigenvalue weighted by atomic mass is 9.70. The molecule has 4 aliphatic rings. The molecule has 8 nitrogen and oxygen atoms in total. The summed E-state index contributed by atoms with van der Waals surface area (Å²) in [6, 6.07) is 12.0. The monoisotopic (exact) mass is 728 g/mol. The summed E-state index contributed by atoms with van der Waals surface area (Å²) in [5.74, 6) is 2.45. The Morgan fingerprint density at radius 3 is 2.46 bits per heavy atom. The first-order valence-corrected chi connectivity index (χ1v) is 20.7. The van der Waals surface area contributed by atoms with Gasteiger partial charge in [-0.1, -0.05) is 57.2 Å². The van der Waals surface area contributed by atoms with Crippen LogP contribution in [-0.2, 0) is 22.1 Å². The van der Waals surface area contributed by atoms with Crippen molar-refractivity contribution in [2.75, 3.05) is 78.1 Å². The molecule has 0 spiro atoms. The predicted molar refractivity (Wildman–Crippen MR) is 207 cm³/mol. The number of nitrogens with zero attached hydrogens (tertiary/aromatic N) is 3. The number of benzene rings is 2. The Hall–Kier alpha value is -2.17. The highest BCUT2D eigenvalue weighted by molar-refractivity contribution is 7.84. The third-order valence-electron chi connectivity index (χ3n) is 11.6. The second kappa shape index (κ2) is 19.1. The van der Waals surface area contributed by atoms with Crippen LogP contribution in [0.4, 0.5) is 5.69 Å². The number of amides is 1. The molecule has 2 fully saturated rings. The Labute approximate surface area is 309 Å². The van der Waals surface area contributed by atoms with Crippen molar-refractivity contribution in [3.8, 4) is 5.75 Å². The highest BCUT2D eigenvalue weighted by Gasteiger charge is 2.35. The normalized spacial score (nSPS) is 28.2. The molecular formula is C40H61ClN4O4S. The van der Waals surface area contributed by atoms with Gasteiger partial charge in [0, 0.05) is 69.4 Å². The highest BCUT2D eigenvalue weighted by Crippen LogP contribution is 2.43. The Bertz CT molecular complexity index is 1420. The number of carbonyl (C=O) groups excluding carboxylic acids is 1. The van der Waals surface area contributed by atoms with E-state index in [1.807, 2.05) is 25.1 Å². The second-order valence-electron chi connectivity index (χ2n) is 15.1. The van der Waals surface area contributed by atoms with Crippen molar-refractivity contribution in [3.63, 3.8) is 0 Å². The molecule has 278 valence electrons. The van der Waals surface area contributed by atoms with Gasteiger partial charge in [0.1, 0.15) is 16.7 Å². The lowest BCUT2D eigenvalue weighted by Crippen LogP contribution is -2.45. The minimum absolute atomic E-state index is 0.0867. The SMILES string of the molecule is CCCc1cc(Cl)ccc1C1COc2ccc3cc2N(C1)CC1CCC1CCCCC(C)C(C)S(=O)NC3=O.COCCN1CCN(C)CC1. The van der Waals surface area contributed by atoms with E-state index in [-0.39, 0.29) is 17.1 Å². The molecular weight excluding hydrogens is 668 g/mol. The first kappa shape index (κ1) is 39.0. The van der Waals surface area contributed by atoms with Gasteiger partial charge in [-0.05, 0) is 98.9 Å². The number of hydrogen-bond donors (Lipinski definition) is 1. The Morgan fingerprint density at radius 1 is 0.980 bits per heavy atom. The van der Waals surface area contributed by atoms with Gasteiger partial charge in [0.25, 0.3) is 5.91 Å². The summed E-state index contributed by atoms with van der Waals surface area (Å²) in [4.78, 5) is 20.5. The number of anilines is 1. The number of methoxy groups -OCH3 is 1. The molecule has 2 aromatic carbocycles. The number of likely N-dealkylation sites (N-methyl/N-ethyl adjacent to an activating group) is 1. The van der Waals surface area contributed by atoms with Gasteiger partial charge >= 0.3 is 0 Å². The molecule has 50 heavy (non-hydrogen) atoms. The summed E-state index contributed by atoms with van der Waals surface area (Å²) in [6.07, 6.45) is 9.30. The quantitative estimate of drug-likeness (QED) is 0.338. The highest BCUT2D eigenvalue weighted by atomic mass is 35.5. The maximum Gasteiger partial charge on any atom is 0.263 e. The van der Waals surface area contributed by atoms with Crippen LogP contribution in [0.15, 0.2) is 36.4 Å². The van der Waals surface area contributed by atoms with Crippen molar-refractivity contribution < 1.29 is 18.5 Å². The van der Waals surface area contributed by atoms with Crippen molar-refractivity contribution in [1.82, 2.24) is 14.5 Å². The summed E-state index contributed by atoms with van der Waals surface area (Å²) < 4.78 is 27.3. The molecule has 3 aliphatic heterocycles. The number of hydrogen-bond acceptors (Lipinski definition) is 7. The molecule has 1 saturated heterocycles. The lowest BCUT2D eigenvalue weighted by Gasteiger charge is -2.41. The van der Waals surface area contributed by atoms with Gasteiger partial charge in [-0.3, -0.25) is 14.4 Å². The maximum absolute atomic E-state index is 13.2. The Morgan fingerprint density at radius 2 is 1.74 bits per heavy atom. The van der Waals surface area contributed by atoms with Crippen LogP contribution in [0.2, 0.25) is 5.02 Å². The molecule has 2 bridgehead atoms. The van der Waals surface area contributed by atoms with Crippen LogP contribution in [0.3, 0.4) is 0 Å². The van der Waals surface area contributed by atoms with Crippen LogP contribution >= 0.6 is 11.6 Å². The second-order valence-corrected chi connectivity index (χ2v) is 17.1. The first-order valence-electron chi connectivity index (χ1n) is 19.1. The third-order valence-corrected chi connectivity index (χ3v) is 13.3. The van der Waals surface area contributed by atoms with E-state index < -0.39 is 11.0 Å². The molecule has 6 rings (SSSR count). The maximum atomic E-state index is 13.2. The topological polar surface area (TPSA) is 74.3 Å². The number of fused-ring (bicyclic) bond motifs is 2. The Balaban J connectivity index is 0.000000377. The number of piperazine rings is 1. The van der Waals surface area contributed by atoms with Crippen LogP contribution in [0.5, 0.6) is 5.75 Å². The van der Waals surface area contributed by atoms with E-state index in [2.05, 4.69) is 52.4 Å². The number of rotatable bonds is 6. The smallest absolute Gasteiger partial charge is 0.263 e. The van der Waals surface area contributed by atoms with Crippen LogP contribution in [0.25, 0.3) is 0 Å². The minimum Gasteiger partial charge on any atom is -0.491 e. The fourth-order valence-corrected chi connectivity index (χ4v) is 9.09. The summed E-state index contributed by atoms with van der Waals surface area (Å²) in [5.41, 5.74) is 4.11. The van der Waals surface area contributed by atoms with Gasteiger partial charge in [0.15, 0.2) is 0 Å². The molecule has 1 N–H and O–H groups in total. The van der Waals surface area contributed by atoms with Gasteiger partial charge in [0.2, 0.25) is 0 Å². The zero-order chi connectivity index (χ0) is 35.6. The van der Waals surface area contributed by atoms with Gasteiger partial charge < -0.3 is 19.3 Å². The minimum atomic E-state index is -1.43. The summed E-state index contributed by atoms with van der Waals surface area (Å²) in [7, 11) is 2.51. The van der Waals surface area contributed by atoms with E-state index in [9.17, 15) is 9.00 Å². The van der Waals surface area contributed by atoms with Crippen LogP contribution in [0, 0.1) is 17.8 Å². The molecule has 0 radical (unpaired) electrons. The van der Waals surface area contributed by atoms with E-state index in [1.165, 1.54) is 63.0 Å². The van der Waals surface area contributed by atoms with Crippen LogP contribution in [0.1, 0.15) is 93.1 Å². The van der Waals surface area contributed by atoms with Crippen molar-refractivity contribution in [2.45, 2.75) is 83.3 Å². The molecule has 1 amide bonds. The largest absolute Gasteiger partial charge is 0.491 e. The number of halogens is 1. The molecule has 3 heterocycles. The zero-order valence-electron chi connectivity index (χ0n) is 31.1. The number of carbonyl (C=O) groups is 1. The molecule has 10 heteroatoms. The molecule has 1 saturated carbocycles.